The molecule has 0 fully saturated rings. The summed E-state index contributed by atoms with van der Waals surface area (Å²) in [6, 6.07) is 0. The topological polar surface area (TPSA) is 26.0 Å². The number of nitrogens with two attached hydrogens (primary N) is 1. The molecule has 0 unspecified atom stereocenters. The minimum absolute atomic E-state index is 0.905. The van der Waals surface area contributed by atoms with Crippen LogP contribution in [0.5, 0.6) is 0 Å². The average Bonchev–Trinajstić information content (AvgIpc) is 2.18. The normalized spacial score (nSPS) is 16.9. The molecule has 0 bridgehead atoms. The quantitative estimate of drug-likeness (QED) is 0.553. The van der Waals surface area contributed by atoms with Gasteiger partial charge >= 0.3 is 0 Å². The van der Waals surface area contributed by atoms with Crippen molar-refractivity contribution < 1.29 is 0 Å². The Morgan fingerprint density at radius 2 is 2.56 bits per heavy atom. The van der Waals surface area contributed by atoms with Gasteiger partial charge in [0, 0.05) is 12.1 Å². The molecular weight excluding hydrogens is 110 g/mol. The summed E-state index contributed by atoms with van der Waals surface area (Å²) in [5, 5.41) is 0. The Kier molecular flexibility index (Phi) is 1.73. The molecule has 0 saturated heterocycles. The third-order valence-corrected chi connectivity index (χ3v) is 1.43. The van der Waals surface area contributed by atoms with Gasteiger partial charge in [0.25, 0.3) is 0 Å². The first-order chi connectivity index (χ1) is 4.34. The molecule has 1 rings (SSSR count). The average molecular weight is 121 g/mol. The van der Waals surface area contributed by atoms with E-state index in [9.17, 15) is 0 Å². The van der Waals surface area contributed by atoms with E-state index in [1.54, 1.807) is 0 Å². The summed E-state index contributed by atoms with van der Waals surface area (Å²) in [4.78, 5) is 0. The van der Waals surface area contributed by atoms with Crippen LogP contribution in [0.4, 0.5) is 0 Å². The fraction of sp³-hybridized carbons (Fsp3) is 0.250. The van der Waals surface area contributed by atoms with Crippen molar-refractivity contribution in [3.8, 4) is 0 Å². The predicted molar refractivity (Wildman–Crippen MR) is 39.8 cm³/mol. The minimum Gasteiger partial charge on any atom is -0.402 e. The summed E-state index contributed by atoms with van der Waals surface area (Å²) in [6.45, 7) is 3.64. The molecule has 9 heavy (non-hydrogen) atoms. The molecule has 2 N–H and O–H groups in total. The Morgan fingerprint density at radius 3 is 3.00 bits per heavy atom. The molecule has 0 heterocycles. The van der Waals surface area contributed by atoms with Gasteiger partial charge in [0.2, 0.25) is 0 Å². The van der Waals surface area contributed by atoms with E-state index in [1.165, 1.54) is 5.57 Å². The Morgan fingerprint density at radius 1 is 1.78 bits per heavy atom. The second kappa shape index (κ2) is 2.53. The van der Waals surface area contributed by atoms with E-state index < -0.39 is 0 Å². The van der Waals surface area contributed by atoms with Crippen molar-refractivity contribution in [2.75, 3.05) is 0 Å². The highest BCUT2D eigenvalue weighted by Crippen LogP contribution is 2.16. The lowest BCUT2D eigenvalue weighted by Gasteiger charge is -1.95. The summed E-state index contributed by atoms with van der Waals surface area (Å²) < 4.78 is 0. The zero-order valence-corrected chi connectivity index (χ0v) is 5.43. The zero-order valence-electron chi connectivity index (χ0n) is 5.43. The molecule has 1 heteroatoms. The van der Waals surface area contributed by atoms with Gasteiger partial charge in [-0.05, 0) is 12.0 Å². The van der Waals surface area contributed by atoms with Gasteiger partial charge in [-0.3, -0.25) is 0 Å². The number of hydrogen-bond donors (Lipinski definition) is 1. The summed E-state index contributed by atoms with van der Waals surface area (Å²) in [7, 11) is 0. The largest absolute Gasteiger partial charge is 0.402 e. The lowest BCUT2D eigenvalue weighted by molar-refractivity contribution is 1.14. The molecule has 0 amide bonds. The third-order valence-electron chi connectivity index (χ3n) is 1.43. The Bertz CT molecular complexity index is 175. The fourth-order valence-electron chi connectivity index (χ4n) is 0.921. The highest BCUT2D eigenvalue weighted by molar-refractivity contribution is 5.33. The van der Waals surface area contributed by atoms with E-state index in [2.05, 4.69) is 18.7 Å². The SMILES string of the molecule is C=CCC1=C(N)CC=C1. The lowest BCUT2D eigenvalue weighted by Crippen LogP contribution is -1.95. The van der Waals surface area contributed by atoms with Crippen LogP contribution < -0.4 is 5.73 Å². The molecule has 1 aliphatic carbocycles. The molecule has 0 radical (unpaired) electrons. The third kappa shape index (κ3) is 1.22. The van der Waals surface area contributed by atoms with Crippen LogP contribution >= 0.6 is 0 Å². The second-order valence-corrected chi connectivity index (χ2v) is 2.15. The maximum Gasteiger partial charge on any atom is 0.0154 e. The van der Waals surface area contributed by atoms with E-state index >= 15 is 0 Å². The Labute approximate surface area is 55.6 Å². The molecule has 1 nitrogen and oxygen atoms in total. The van der Waals surface area contributed by atoms with Crippen LogP contribution in [0.2, 0.25) is 0 Å². The van der Waals surface area contributed by atoms with Crippen molar-refractivity contribution in [2.45, 2.75) is 12.8 Å². The first kappa shape index (κ1) is 6.14. The van der Waals surface area contributed by atoms with Crippen molar-refractivity contribution in [3.63, 3.8) is 0 Å². The summed E-state index contributed by atoms with van der Waals surface area (Å²) in [6.07, 6.45) is 7.84. The van der Waals surface area contributed by atoms with Gasteiger partial charge in [-0.25, -0.2) is 0 Å². The van der Waals surface area contributed by atoms with Crippen LogP contribution in [-0.2, 0) is 0 Å². The van der Waals surface area contributed by atoms with E-state index in [4.69, 9.17) is 5.73 Å². The highest BCUT2D eigenvalue weighted by Gasteiger charge is 2.01. The smallest absolute Gasteiger partial charge is 0.0154 e. The molecule has 0 atom stereocenters. The standard InChI is InChI=1S/C8H11N/c1-2-4-7-5-3-6-8(7)9/h2-3,5H,1,4,6,9H2. The molecular formula is C8H11N. The molecule has 0 aromatic carbocycles. The lowest BCUT2D eigenvalue weighted by atomic mass is 10.2. The zero-order chi connectivity index (χ0) is 6.69. The Hall–Kier alpha value is -0.980. The van der Waals surface area contributed by atoms with Crippen molar-refractivity contribution in [1.82, 2.24) is 0 Å². The predicted octanol–water partition coefficient (Wildman–Crippen LogP) is 1.74. The van der Waals surface area contributed by atoms with Crippen LogP contribution in [-0.4, -0.2) is 0 Å². The van der Waals surface area contributed by atoms with Crippen molar-refractivity contribution in [2.24, 2.45) is 5.73 Å². The summed E-state index contributed by atoms with van der Waals surface area (Å²) in [5.74, 6) is 0. The van der Waals surface area contributed by atoms with Crippen LogP contribution in [0.1, 0.15) is 12.8 Å². The van der Waals surface area contributed by atoms with Crippen LogP contribution in [0.3, 0.4) is 0 Å². The minimum atomic E-state index is 0.905. The Balaban J connectivity index is 2.64. The first-order valence-corrected chi connectivity index (χ1v) is 3.09. The van der Waals surface area contributed by atoms with Crippen LogP contribution in [0.15, 0.2) is 36.1 Å². The van der Waals surface area contributed by atoms with Gasteiger partial charge in [-0.15, -0.1) is 6.58 Å². The molecule has 0 saturated carbocycles. The van der Waals surface area contributed by atoms with E-state index in [-0.39, 0.29) is 0 Å². The van der Waals surface area contributed by atoms with Gasteiger partial charge in [0.15, 0.2) is 0 Å². The number of allylic oxidation sites excluding steroid dienone is 4. The molecule has 0 spiro atoms. The van der Waals surface area contributed by atoms with E-state index in [1.807, 2.05) is 6.08 Å². The van der Waals surface area contributed by atoms with Crippen LogP contribution in [0.25, 0.3) is 0 Å². The summed E-state index contributed by atoms with van der Waals surface area (Å²) >= 11 is 0. The monoisotopic (exact) mass is 121 g/mol. The summed E-state index contributed by atoms with van der Waals surface area (Å²) in [5.41, 5.74) is 7.86. The number of rotatable bonds is 2. The second-order valence-electron chi connectivity index (χ2n) is 2.15. The molecule has 0 aliphatic heterocycles. The van der Waals surface area contributed by atoms with Gasteiger partial charge in [0.05, 0.1) is 0 Å². The van der Waals surface area contributed by atoms with Gasteiger partial charge in [0.1, 0.15) is 0 Å². The van der Waals surface area contributed by atoms with E-state index in [0.29, 0.717) is 0 Å². The van der Waals surface area contributed by atoms with Crippen molar-refractivity contribution in [3.05, 3.63) is 36.1 Å². The maximum atomic E-state index is 5.63. The van der Waals surface area contributed by atoms with Gasteiger partial charge < -0.3 is 5.73 Å². The molecule has 0 aromatic heterocycles. The van der Waals surface area contributed by atoms with Gasteiger partial charge in [-0.2, -0.15) is 0 Å². The van der Waals surface area contributed by atoms with E-state index in [0.717, 1.165) is 18.5 Å². The first-order valence-electron chi connectivity index (χ1n) is 3.09. The molecule has 0 aromatic rings. The van der Waals surface area contributed by atoms with Crippen molar-refractivity contribution in [1.29, 1.82) is 0 Å². The van der Waals surface area contributed by atoms with Gasteiger partial charge in [-0.1, -0.05) is 18.2 Å². The highest BCUT2D eigenvalue weighted by atomic mass is 14.6. The molecule has 1 aliphatic rings. The maximum absolute atomic E-state index is 5.63. The van der Waals surface area contributed by atoms with Crippen molar-refractivity contribution >= 4 is 0 Å². The van der Waals surface area contributed by atoms with Crippen LogP contribution in [0, 0.1) is 0 Å². The number of hydrogen-bond acceptors (Lipinski definition) is 1. The fourth-order valence-corrected chi connectivity index (χ4v) is 0.921. The molecule has 48 valence electrons.